The highest BCUT2D eigenvalue weighted by molar-refractivity contribution is 9.09. The zero-order valence-corrected chi connectivity index (χ0v) is 12.0. The molecule has 0 N–H and O–H groups in total. The molecule has 4 heteroatoms. The monoisotopic (exact) mass is 313 g/mol. The first-order valence-corrected chi connectivity index (χ1v) is 7.14. The Morgan fingerprint density at radius 3 is 2.89 bits per heavy atom. The third kappa shape index (κ3) is 3.10. The van der Waals surface area contributed by atoms with Gasteiger partial charge < -0.3 is 4.90 Å². The Kier molecular flexibility index (Phi) is 4.38. The first-order chi connectivity index (χ1) is 8.58. The summed E-state index contributed by atoms with van der Waals surface area (Å²) in [6, 6.07) is 6.47. The minimum absolute atomic E-state index is 0.0106. The van der Waals surface area contributed by atoms with Gasteiger partial charge in [0.2, 0.25) is 5.91 Å². The van der Waals surface area contributed by atoms with Crippen molar-refractivity contribution in [3.8, 4) is 0 Å². The molecule has 1 saturated heterocycles. The third-order valence-corrected chi connectivity index (χ3v) is 4.71. The topological polar surface area (TPSA) is 20.3 Å². The molecule has 0 saturated carbocycles. The van der Waals surface area contributed by atoms with Crippen molar-refractivity contribution in [1.82, 2.24) is 4.90 Å². The van der Waals surface area contributed by atoms with Crippen molar-refractivity contribution < 1.29 is 9.18 Å². The third-order valence-electron chi connectivity index (χ3n) is 3.52. The van der Waals surface area contributed by atoms with Crippen LogP contribution < -0.4 is 0 Å². The second-order valence-electron chi connectivity index (χ2n) is 4.89. The molecule has 2 nitrogen and oxygen atoms in total. The number of hydrogen-bond donors (Lipinski definition) is 0. The van der Waals surface area contributed by atoms with Crippen molar-refractivity contribution in [3.63, 3.8) is 0 Å². The summed E-state index contributed by atoms with van der Waals surface area (Å²) in [5, 5.41) is 0. The summed E-state index contributed by atoms with van der Waals surface area (Å²) in [6.07, 6.45) is 1.15. The van der Waals surface area contributed by atoms with Gasteiger partial charge in [-0.2, -0.15) is 0 Å². The van der Waals surface area contributed by atoms with Crippen molar-refractivity contribution in [1.29, 1.82) is 0 Å². The van der Waals surface area contributed by atoms with Crippen LogP contribution in [0, 0.1) is 11.7 Å². The Balaban J connectivity index is 1.99. The van der Waals surface area contributed by atoms with Gasteiger partial charge in [0.15, 0.2) is 0 Å². The number of likely N-dealkylation sites (tertiary alicyclic amines) is 1. The second-order valence-corrected chi connectivity index (χ2v) is 6.07. The van der Waals surface area contributed by atoms with Gasteiger partial charge in [0.05, 0.1) is 6.42 Å². The molecular formula is C14H17BrFNO. The maximum Gasteiger partial charge on any atom is 0.227 e. The van der Waals surface area contributed by atoms with Crippen LogP contribution in [0.3, 0.4) is 0 Å². The summed E-state index contributed by atoms with van der Waals surface area (Å²) in [6.45, 7) is 3.67. The van der Waals surface area contributed by atoms with Crippen molar-refractivity contribution in [3.05, 3.63) is 35.6 Å². The summed E-state index contributed by atoms with van der Waals surface area (Å²) in [5.41, 5.74) is 0.479. The van der Waals surface area contributed by atoms with Gasteiger partial charge in [-0.15, -0.1) is 0 Å². The van der Waals surface area contributed by atoms with Gasteiger partial charge in [-0.05, 0) is 24.0 Å². The van der Waals surface area contributed by atoms with E-state index in [0.29, 0.717) is 22.9 Å². The van der Waals surface area contributed by atoms with Gasteiger partial charge in [0, 0.05) is 17.9 Å². The van der Waals surface area contributed by atoms with Crippen LogP contribution in [0.4, 0.5) is 4.39 Å². The smallest absolute Gasteiger partial charge is 0.227 e. The maximum absolute atomic E-state index is 13.5. The molecule has 2 rings (SSSR count). The predicted octanol–water partition coefficient (Wildman–Crippen LogP) is 3.00. The number of amides is 1. The quantitative estimate of drug-likeness (QED) is 0.769. The molecule has 98 valence electrons. The number of rotatable bonds is 2. The van der Waals surface area contributed by atoms with E-state index in [-0.39, 0.29) is 18.1 Å². The molecule has 1 aromatic rings. The first kappa shape index (κ1) is 13.5. The standard InChI is InChI=1S/C14H17BrFNO/c1-10-6-7-17(9-12(10)15)14(18)8-11-4-2-3-5-13(11)16/h2-5,10,12H,6-9H2,1H3. The molecule has 2 unspecified atom stereocenters. The van der Waals surface area contributed by atoms with E-state index in [0.717, 1.165) is 13.0 Å². The van der Waals surface area contributed by atoms with Gasteiger partial charge in [-0.3, -0.25) is 4.79 Å². The van der Waals surface area contributed by atoms with Gasteiger partial charge in [-0.1, -0.05) is 41.1 Å². The molecule has 1 aromatic carbocycles. The Bertz CT molecular complexity index is 438. The van der Waals surface area contributed by atoms with Crippen LogP contribution in [0.2, 0.25) is 0 Å². The summed E-state index contributed by atoms with van der Waals surface area (Å²) in [5.74, 6) is 0.297. The zero-order chi connectivity index (χ0) is 13.1. The molecule has 0 radical (unpaired) electrons. The van der Waals surface area contributed by atoms with E-state index in [1.165, 1.54) is 6.07 Å². The minimum Gasteiger partial charge on any atom is -0.341 e. The van der Waals surface area contributed by atoms with Crippen molar-refractivity contribution in [2.75, 3.05) is 13.1 Å². The Morgan fingerprint density at radius 2 is 2.22 bits per heavy atom. The highest BCUT2D eigenvalue weighted by Gasteiger charge is 2.27. The first-order valence-electron chi connectivity index (χ1n) is 6.23. The van der Waals surface area contributed by atoms with Crippen LogP contribution >= 0.6 is 15.9 Å². The number of nitrogens with zero attached hydrogens (tertiary/aromatic N) is 1. The number of carbonyl (C=O) groups is 1. The fourth-order valence-corrected chi connectivity index (χ4v) is 2.78. The predicted molar refractivity (Wildman–Crippen MR) is 73.2 cm³/mol. The van der Waals surface area contributed by atoms with Crippen LogP contribution in [0.15, 0.2) is 24.3 Å². The molecular weight excluding hydrogens is 297 g/mol. The molecule has 1 amide bonds. The van der Waals surface area contributed by atoms with Crippen LogP contribution in [-0.4, -0.2) is 28.7 Å². The van der Waals surface area contributed by atoms with Crippen molar-refractivity contribution in [2.45, 2.75) is 24.6 Å². The van der Waals surface area contributed by atoms with Crippen LogP contribution in [0.5, 0.6) is 0 Å². The molecule has 1 aliphatic rings. The van der Waals surface area contributed by atoms with Crippen LogP contribution in [0.25, 0.3) is 0 Å². The highest BCUT2D eigenvalue weighted by atomic mass is 79.9. The molecule has 2 atom stereocenters. The Labute approximate surface area is 115 Å². The van der Waals surface area contributed by atoms with Gasteiger partial charge in [0.1, 0.15) is 5.82 Å². The molecule has 1 fully saturated rings. The lowest BCUT2D eigenvalue weighted by Crippen LogP contribution is -2.44. The van der Waals surface area contributed by atoms with E-state index >= 15 is 0 Å². The van der Waals surface area contributed by atoms with Crippen molar-refractivity contribution >= 4 is 21.8 Å². The molecule has 18 heavy (non-hydrogen) atoms. The SMILES string of the molecule is CC1CCN(C(=O)Cc2ccccc2F)CC1Br. The average molecular weight is 314 g/mol. The molecule has 0 bridgehead atoms. The van der Waals surface area contributed by atoms with E-state index in [2.05, 4.69) is 22.9 Å². The van der Waals surface area contributed by atoms with E-state index in [9.17, 15) is 9.18 Å². The molecule has 0 aromatic heterocycles. The maximum atomic E-state index is 13.5. The van der Waals surface area contributed by atoms with E-state index in [1.807, 2.05) is 4.90 Å². The van der Waals surface area contributed by atoms with Gasteiger partial charge >= 0.3 is 0 Å². The van der Waals surface area contributed by atoms with E-state index in [1.54, 1.807) is 18.2 Å². The lowest BCUT2D eigenvalue weighted by molar-refractivity contribution is -0.131. The summed E-state index contributed by atoms with van der Waals surface area (Å²) >= 11 is 3.59. The Morgan fingerprint density at radius 1 is 1.50 bits per heavy atom. The second kappa shape index (κ2) is 5.83. The number of benzene rings is 1. The number of halogens is 2. The normalized spacial score (nSPS) is 24.1. The number of hydrogen-bond acceptors (Lipinski definition) is 1. The van der Waals surface area contributed by atoms with Crippen molar-refractivity contribution in [2.24, 2.45) is 5.92 Å². The number of alkyl halides is 1. The van der Waals surface area contributed by atoms with Crippen LogP contribution in [0.1, 0.15) is 18.9 Å². The molecule has 0 aliphatic carbocycles. The van der Waals surface area contributed by atoms with Crippen LogP contribution in [-0.2, 0) is 11.2 Å². The average Bonchev–Trinajstić information content (AvgIpc) is 2.35. The number of piperidine rings is 1. The lowest BCUT2D eigenvalue weighted by Gasteiger charge is -2.34. The van der Waals surface area contributed by atoms with E-state index < -0.39 is 0 Å². The largest absolute Gasteiger partial charge is 0.341 e. The summed E-state index contributed by atoms with van der Waals surface area (Å²) in [4.78, 5) is 14.3. The molecule has 1 heterocycles. The van der Waals surface area contributed by atoms with Gasteiger partial charge in [-0.25, -0.2) is 4.39 Å². The lowest BCUT2D eigenvalue weighted by atomic mass is 9.98. The number of carbonyl (C=O) groups excluding carboxylic acids is 1. The van der Waals surface area contributed by atoms with Gasteiger partial charge in [0.25, 0.3) is 0 Å². The Hall–Kier alpha value is -0.900. The molecule has 1 aliphatic heterocycles. The zero-order valence-electron chi connectivity index (χ0n) is 10.4. The van der Waals surface area contributed by atoms with E-state index in [4.69, 9.17) is 0 Å². The fraction of sp³-hybridized carbons (Fsp3) is 0.500. The fourth-order valence-electron chi connectivity index (χ4n) is 2.17. The summed E-state index contributed by atoms with van der Waals surface area (Å²) in [7, 11) is 0. The minimum atomic E-state index is -0.299. The molecule has 0 spiro atoms. The summed E-state index contributed by atoms with van der Waals surface area (Å²) < 4.78 is 13.5. The highest BCUT2D eigenvalue weighted by Crippen LogP contribution is 2.23.